The predicted octanol–water partition coefficient (Wildman–Crippen LogP) is 9.03. The summed E-state index contributed by atoms with van der Waals surface area (Å²) in [5.41, 5.74) is 4.00. The van der Waals surface area contributed by atoms with Crippen molar-refractivity contribution in [3.8, 4) is 0 Å². The molecule has 0 unspecified atom stereocenters. The van der Waals surface area contributed by atoms with E-state index in [2.05, 4.69) is 36.4 Å². The van der Waals surface area contributed by atoms with Crippen LogP contribution in [0.15, 0.2) is 133 Å². The van der Waals surface area contributed by atoms with Crippen LogP contribution in [0.25, 0.3) is 21.5 Å². The summed E-state index contributed by atoms with van der Waals surface area (Å²) >= 11 is 0. The minimum atomic E-state index is -0.387. The Bertz CT molecular complexity index is 1880. The molecule has 8 heteroatoms. The fourth-order valence-electron chi connectivity index (χ4n) is 4.89. The smallest absolute Gasteiger partial charge is 0.271 e. The van der Waals surface area contributed by atoms with E-state index in [4.69, 9.17) is 0 Å². The molecule has 0 fully saturated rings. The lowest BCUT2D eigenvalue weighted by atomic mass is 10.1. The summed E-state index contributed by atoms with van der Waals surface area (Å²) in [6.45, 7) is 0. The van der Waals surface area contributed by atoms with E-state index in [1.807, 2.05) is 78.5 Å². The first kappa shape index (κ1) is 27.8. The van der Waals surface area contributed by atoms with Crippen LogP contribution in [-0.2, 0) is 0 Å². The highest BCUT2D eigenvalue weighted by Gasteiger charge is 2.12. The van der Waals surface area contributed by atoms with Gasteiger partial charge in [-0.3, -0.25) is 20.2 Å². The molecule has 0 aliphatic heterocycles. The molecule has 42 heavy (non-hydrogen) atoms. The lowest BCUT2D eigenvalue weighted by molar-refractivity contribution is -0.385. The van der Waals surface area contributed by atoms with E-state index in [1.54, 1.807) is 24.3 Å². The van der Waals surface area contributed by atoms with Crippen molar-refractivity contribution in [1.82, 2.24) is 0 Å². The molecule has 0 bridgehead atoms. The van der Waals surface area contributed by atoms with Gasteiger partial charge in [-0.15, -0.1) is 0 Å². The first-order valence-electron chi connectivity index (χ1n) is 13.3. The number of anilines is 4. The summed E-state index contributed by atoms with van der Waals surface area (Å²) in [6.07, 6.45) is 0. The molecule has 0 aromatic heterocycles. The molecule has 0 atom stereocenters. The van der Waals surface area contributed by atoms with Gasteiger partial charge in [-0.1, -0.05) is 78.9 Å². The van der Waals surface area contributed by atoms with Crippen LogP contribution in [0.2, 0.25) is 0 Å². The van der Waals surface area contributed by atoms with E-state index in [-0.39, 0.29) is 21.2 Å². The number of nitrogens with zero attached hydrogens (tertiary/aromatic N) is 4. The zero-order chi connectivity index (χ0) is 29.6. The number of benzene rings is 6. The van der Waals surface area contributed by atoms with Crippen LogP contribution in [0, 0.1) is 20.2 Å². The first-order valence-corrected chi connectivity index (χ1v) is 13.3. The van der Waals surface area contributed by atoms with Gasteiger partial charge in [-0.05, 0) is 41.1 Å². The summed E-state index contributed by atoms with van der Waals surface area (Å²) < 4.78 is 0. The van der Waals surface area contributed by atoms with Crippen molar-refractivity contribution >= 4 is 55.7 Å². The van der Waals surface area contributed by atoms with Gasteiger partial charge in [-0.2, -0.15) is 0 Å². The number of fused-ring (bicyclic) bond motifs is 2. The summed E-state index contributed by atoms with van der Waals surface area (Å²) in [4.78, 5) is 24.9. The standard InChI is InChI=1S/2C17H14N2O2/c1-18(14-8-5-9-15(12-14)19(20)21)17-11-4-7-13-6-2-3-10-16(13)17;1-18(14-9-11-15(12-10-14)19(20)21)17-8-4-6-13-5-2-3-7-16(13)17/h2*2-12H,1H3. The van der Waals surface area contributed by atoms with E-state index in [0.29, 0.717) is 0 Å². The Labute approximate surface area is 243 Å². The molecule has 0 N–H and O–H groups in total. The lowest BCUT2D eigenvalue weighted by Crippen LogP contribution is -2.10. The Morgan fingerprint density at radius 1 is 0.476 bits per heavy atom. The van der Waals surface area contributed by atoms with Gasteiger partial charge in [0.25, 0.3) is 11.4 Å². The Morgan fingerprint density at radius 2 is 0.929 bits per heavy atom. The number of non-ortho nitro benzene ring substituents is 2. The number of hydrogen-bond acceptors (Lipinski definition) is 6. The van der Waals surface area contributed by atoms with E-state index in [1.165, 1.54) is 23.6 Å². The molecule has 208 valence electrons. The van der Waals surface area contributed by atoms with Crippen molar-refractivity contribution in [2.45, 2.75) is 0 Å². The van der Waals surface area contributed by atoms with Crippen LogP contribution in [0.3, 0.4) is 0 Å². The molecule has 0 heterocycles. The van der Waals surface area contributed by atoms with Crippen molar-refractivity contribution in [3.05, 3.63) is 154 Å². The third-order valence-corrected chi connectivity index (χ3v) is 7.13. The van der Waals surface area contributed by atoms with Crippen molar-refractivity contribution in [1.29, 1.82) is 0 Å². The van der Waals surface area contributed by atoms with Gasteiger partial charge in [-0.25, -0.2) is 0 Å². The molecule has 8 nitrogen and oxygen atoms in total. The maximum absolute atomic E-state index is 10.9. The van der Waals surface area contributed by atoms with Crippen molar-refractivity contribution in [2.24, 2.45) is 0 Å². The highest BCUT2D eigenvalue weighted by atomic mass is 16.6. The Kier molecular flexibility index (Phi) is 8.06. The van der Waals surface area contributed by atoms with Crippen LogP contribution >= 0.6 is 0 Å². The van der Waals surface area contributed by atoms with Crippen molar-refractivity contribution in [2.75, 3.05) is 23.9 Å². The molecule has 0 aliphatic rings. The molecule has 0 spiro atoms. The molecule has 0 radical (unpaired) electrons. The number of rotatable bonds is 6. The molecule has 0 aliphatic carbocycles. The average Bonchev–Trinajstić information content (AvgIpc) is 3.04. The molecule has 0 saturated heterocycles. The molecule has 6 aromatic carbocycles. The SMILES string of the molecule is CN(c1ccc([N+](=O)[O-])cc1)c1cccc2ccccc12.CN(c1cccc([N+](=O)[O-])c1)c1cccc2ccccc12. The maximum atomic E-state index is 10.9. The van der Waals surface area contributed by atoms with Gasteiger partial charge in [0.1, 0.15) is 0 Å². The Morgan fingerprint density at radius 3 is 1.45 bits per heavy atom. The highest BCUT2D eigenvalue weighted by molar-refractivity contribution is 5.97. The monoisotopic (exact) mass is 556 g/mol. The lowest BCUT2D eigenvalue weighted by Gasteiger charge is -2.21. The second-order valence-electron chi connectivity index (χ2n) is 9.67. The summed E-state index contributed by atoms with van der Waals surface area (Å²) in [6, 6.07) is 41.7. The Hall–Kier alpha value is -5.76. The maximum Gasteiger partial charge on any atom is 0.271 e. The zero-order valence-electron chi connectivity index (χ0n) is 23.1. The van der Waals surface area contributed by atoms with Crippen molar-refractivity contribution < 1.29 is 9.85 Å². The van der Waals surface area contributed by atoms with Gasteiger partial charge in [0.15, 0.2) is 0 Å². The third-order valence-electron chi connectivity index (χ3n) is 7.13. The Balaban J connectivity index is 0.000000168. The van der Waals surface area contributed by atoms with Gasteiger partial charge in [0.2, 0.25) is 0 Å². The van der Waals surface area contributed by atoms with Crippen LogP contribution in [0.4, 0.5) is 34.1 Å². The predicted molar refractivity (Wildman–Crippen MR) is 170 cm³/mol. The third kappa shape index (κ3) is 5.88. The van der Waals surface area contributed by atoms with E-state index in [9.17, 15) is 20.2 Å². The molecular formula is C34H28N4O4. The average molecular weight is 557 g/mol. The highest BCUT2D eigenvalue weighted by Crippen LogP contribution is 2.33. The topological polar surface area (TPSA) is 92.8 Å². The number of nitro benzene ring substituents is 2. The largest absolute Gasteiger partial charge is 0.344 e. The fraction of sp³-hybridized carbons (Fsp3) is 0.0588. The van der Waals surface area contributed by atoms with Crippen LogP contribution in [-0.4, -0.2) is 23.9 Å². The molecule has 6 rings (SSSR count). The molecule has 0 amide bonds. The van der Waals surface area contributed by atoms with Gasteiger partial charge >= 0.3 is 0 Å². The van der Waals surface area contributed by atoms with Gasteiger partial charge in [0.05, 0.1) is 9.85 Å². The van der Waals surface area contributed by atoms with Gasteiger partial charge < -0.3 is 9.80 Å². The van der Waals surface area contributed by atoms with Crippen LogP contribution in [0.5, 0.6) is 0 Å². The van der Waals surface area contributed by atoms with Gasteiger partial charge in [0, 0.05) is 71.9 Å². The minimum Gasteiger partial charge on any atom is -0.344 e. The number of nitro groups is 2. The zero-order valence-corrected chi connectivity index (χ0v) is 23.1. The molecular weight excluding hydrogens is 528 g/mol. The molecule has 0 saturated carbocycles. The minimum absolute atomic E-state index is 0.0968. The van der Waals surface area contributed by atoms with Crippen molar-refractivity contribution in [3.63, 3.8) is 0 Å². The van der Waals surface area contributed by atoms with Crippen LogP contribution in [0.1, 0.15) is 0 Å². The van der Waals surface area contributed by atoms with Crippen LogP contribution < -0.4 is 9.80 Å². The summed E-state index contributed by atoms with van der Waals surface area (Å²) in [5, 5.41) is 26.2. The quantitative estimate of drug-likeness (QED) is 0.150. The number of hydrogen-bond donors (Lipinski definition) is 0. The molecule has 6 aromatic rings. The fourth-order valence-corrected chi connectivity index (χ4v) is 4.89. The second kappa shape index (κ2) is 12.2. The first-order chi connectivity index (χ1) is 20.3. The normalized spacial score (nSPS) is 10.5. The van der Waals surface area contributed by atoms with E-state index < -0.39 is 0 Å². The summed E-state index contributed by atoms with van der Waals surface area (Å²) in [5.74, 6) is 0. The van der Waals surface area contributed by atoms with E-state index in [0.717, 1.165) is 38.9 Å². The second-order valence-corrected chi connectivity index (χ2v) is 9.67. The van der Waals surface area contributed by atoms with E-state index >= 15 is 0 Å². The summed E-state index contributed by atoms with van der Waals surface area (Å²) in [7, 11) is 3.88.